The fourth-order valence-electron chi connectivity index (χ4n) is 2.80. The molecule has 0 unspecified atom stereocenters. The second-order valence-electron chi connectivity index (χ2n) is 5.28. The van der Waals surface area contributed by atoms with Crippen LogP contribution in [-0.2, 0) is 9.09 Å². The van der Waals surface area contributed by atoms with E-state index in [4.69, 9.17) is 19.9 Å². The van der Waals surface area contributed by atoms with Gasteiger partial charge in [0, 0.05) is 6.04 Å². The first-order valence-electron chi connectivity index (χ1n) is 6.67. The van der Waals surface area contributed by atoms with Gasteiger partial charge in [0.05, 0.1) is 12.9 Å². The van der Waals surface area contributed by atoms with Crippen molar-refractivity contribution in [1.29, 1.82) is 0 Å². The van der Waals surface area contributed by atoms with Crippen LogP contribution in [0.15, 0.2) is 15.5 Å². The highest BCUT2D eigenvalue weighted by atomic mass is 31.2. The maximum atomic E-state index is 11.6. The summed E-state index contributed by atoms with van der Waals surface area (Å²) in [6, 6.07) is -0.206. The van der Waals surface area contributed by atoms with Crippen molar-refractivity contribution >= 4 is 25.0 Å². The molecule has 0 amide bonds. The number of aromatic nitrogens is 3. The summed E-state index contributed by atoms with van der Waals surface area (Å²) in [7, 11) is -4.45. The summed E-state index contributed by atoms with van der Waals surface area (Å²) >= 11 is 0. The molecule has 2 atom stereocenters. The quantitative estimate of drug-likeness (QED) is 0.676. The highest BCUT2D eigenvalue weighted by Gasteiger charge is 2.29. The summed E-state index contributed by atoms with van der Waals surface area (Å²) in [4.78, 5) is 37.1. The fourth-order valence-corrected chi connectivity index (χ4v) is 3.21. The lowest BCUT2D eigenvalue weighted by molar-refractivity contribution is 0.167. The van der Waals surface area contributed by atoms with E-state index in [1.54, 1.807) is 4.57 Å². The number of hydrogen-bond acceptors (Lipinski definition) is 7. The largest absolute Gasteiger partial charge is 0.469 e. The zero-order chi connectivity index (χ0) is 15.9. The highest BCUT2D eigenvalue weighted by Crippen LogP contribution is 2.41. The molecule has 3 rings (SSSR count). The number of nitrogens with zero attached hydrogens (tertiary/aromatic N) is 3. The molecule has 0 aromatic carbocycles. The molecule has 0 aliphatic heterocycles. The van der Waals surface area contributed by atoms with E-state index in [2.05, 4.69) is 14.5 Å². The summed E-state index contributed by atoms with van der Waals surface area (Å²) in [5.74, 6) is 0.0209. The number of anilines is 1. The number of rotatable bonds is 4. The lowest BCUT2D eigenvalue weighted by Gasteiger charge is -2.13. The summed E-state index contributed by atoms with van der Waals surface area (Å²) in [5.41, 5.74) is 5.28. The monoisotopic (exact) mass is 330 g/mol. The first kappa shape index (κ1) is 15.2. The van der Waals surface area contributed by atoms with Gasteiger partial charge in [0.1, 0.15) is 0 Å². The normalized spacial score (nSPS) is 22.5. The van der Waals surface area contributed by atoms with Gasteiger partial charge < -0.3 is 24.5 Å². The van der Waals surface area contributed by atoms with Crippen molar-refractivity contribution < 1.29 is 23.3 Å². The average molecular weight is 330 g/mol. The first-order valence-corrected chi connectivity index (χ1v) is 8.20. The molecular weight excluding hydrogens is 315 g/mol. The van der Waals surface area contributed by atoms with E-state index < -0.39 is 13.4 Å². The van der Waals surface area contributed by atoms with Crippen LogP contribution in [0.25, 0.3) is 11.2 Å². The molecule has 1 aliphatic rings. The zero-order valence-corrected chi connectivity index (χ0v) is 12.3. The van der Waals surface area contributed by atoms with Gasteiger partial charge in [-0.15, -0.1) is 0 Å². The van der Waals surface area contributed by atoms with Crippen molar-refractivity contribution in [2.45, 2.75) is 25.3 Å². The molecule has 22 heavy (non-hydrogen) atoms. The third kappa shape index (κ3) is 3.05. The molecule has 120 valence electrons. The van der Waals surface area contributed by atoms with E-state index >= 15 is 0 Å². The molecule has 0 spiro atoms. The minimum Gasteiger partial charge on any atom is -0.388 e. The standard InChI is InChI=1S/C11H15N4O6P/c12-11-14-9-8(10(16)21-11)13-5-15(9)7-2-1-6(3-7)4-20-22(17,18)19/h5-7H,1-4H2,(H2,12,14)(H2,17,18,19)/t6-,7+/m1/s1. The van der Waals surface area contributed by atoms with Gasteiger partial charge in [-0.1, -0.05) is 0 Å². The Morgan fingerprint density at radius 1 is 1.50 bits per heavy atom. The maximum absolute atomic E-state index is 11.6. The van der Waals surface area contributed by atoms with Crippen molar-refractivity contribution in [3.63, 3.8) is 0 Å². The molecule has 1 aliphatic carbocycles. The number of fused-ring (bicyclic) bond motifs is 1. The fraction of sp³-hybridized carbons (Fsp3) is 0.545. The Hall–Kier alpha value is -1.74. The lowest BCUT2D eigenvalue weighted by Crippen LogP contribution is -2.10. The molecule has 0 radical (unpaired) electrons. The van der Waals surface area contributed by atoms with Gasteiger partial charge in [0.2, 0.25) is 0 Å². The minimum atomic E-state index is -4.45. The van der Waals surface area contributed by atoms with Crippen LogP contribution >= 0.6 is 7.82 Å². The second-order valence-corrected chi connectivity index (χ2v) is 6.52. The number of phosphoric ester groups is 1. The van der Waals surface area contributed by atoms with E-state index in [1.807, 2.05) is 0 Å². The van der Waals surface area contributed by atoms with Gasteiger partial charge in [-0.2, -0.15) is 4.98 Å². The van der Waals surface area contributed by atoms with Crippen molar-refractivity contribution in [3.05, 3.63) is 16.7 Å². The van der Waals surface area contributed by atoms with Crippen LogP contribution in [0.3, 0.4) is 0 Å². The van der Waals surface area contributed by atoms with Gasteiger partial charge in [-0.3, -0.25) is 4.52 Å². The SMILES string of the molecule is Nc1nc2c(ncn2[C@H]2CC[C@@H](COP(=O)(O)O)C2)c(=O)o1. The summed E-state index contributed by atoms with van der Waals surface area (Å²) in [5, 5.41) is 0. The van der Waals surface area contributed by atoms with Gasteiger partial charge in [0.25, 0.3) is 6.01 Å². The van der Waals surface area contributed by atoms with Gasteiger partial charge >= 0.3 is 13.4 Å². The van der Waals surface area contributed by atoms with Crippen molar-refractivity contribution in [2.24, 2.45) is 5.92 Å². The van der Waals surface area contributed by atoms with E-state index in [-0.39, 0.29) is 30.1 Å². The van der Waals surface area contributed by atoms with E-state index in [1.165, 1.54) is 6.33 Å². The molecule has 0 saturated heterocycles. The third-order valence-corrected chi connectivity index (χ3v) is 4.25. The zero-order valence-electron chi connectivity index (χ0n) is 11.5. The minimum absolute atomic E-state index is 0.00882. The molecule has 0 bridgehead atoms. The number of imidazole rings is 1. The van der Waals surface area contributed by atoms with Crippen LogP contribution in [0.5, 0.6) is 0 Å². The Bertz CT molecular complexity index is 795. The Morgan fingerprint density at radius 3 is 3.00 bits per heavy atom. The number of nitrogen functional groups attached to an aromatic ring is 1. The molecule has 11 heteroatoms. The lowest BCUT2D eigenvalue weighted by atomic mass is 10.1. The van der Waals surface area contributed by atoms with Gasteiger partial charge in [-0.05, 0) is 25.2 Å². The summed E-state index contributed by atoms with van der Waals surface area (Å²) < 4.78 is 21.7. The predicted octanol–water partition coefficient (Wildman–Crippen LogP) is 0.417. The molecule has 1 fully saturated rings. The van der Waals surface area contributed by atoms with Crippen molar-refractivity contribution in [2.75, 3.05) is 12.3 Å². The number of nitrogens with two attached hydrogens (primary N) is 1. The first-order chi connectivity index (χ1) is 10.3. The molecule has 4 N–H and O–H groups in total. The van der Waals surface area contributed by atoms with Gasteiger partial charge in [0.15, 0.2) is 11.2 Å². The Balaban J connectivity index is 1.79. The van der Waals surface area contributed by atoms with Crippen molar-refractivity contribution in [3.8, 4) is 0 Å². The van der Waals surface area contributed by atoms with E-state index in [0.29, 0.717) is 12.1 Å². The Kier molecular flexibility index (Phi) is 3.77. The van der Waals surface area contributed by atoms with Crippen molar-refractivity contribution in [1.82, 2.24) is 14.5 Å². The maximum Gasteiger partial charge on any atom is 0.469 e. The second kappa shape index (κ2) is 5.47. The van der Waals surface area contributed by atoms with Crippen LogP contribution in [0, 0.1) is 5.92 Å². The molecular formula is C11H15N4O6P. The van der Waals surface area contributed by atoms with E-state index in [9.17, 15) is 9.36 Å². The van der Waals surface area contributed by atoms with Crippen LogP contribution in [0.1, 0.15) is 25.3 Å². The smallest absolute Gasteiger partial charge is 0.388 e. The summed E-state index contributed by atoms with van der Waals surface area (Å²) in [6.07, 6.45) is 3.67. The van der Waals surface area contributed by atoms with Crippen LogP contribution in [0.4, 0.5) is 6.01 Å². The Labute approximate surface area is 124 Å². The van der Waals surface area contributed by atoms with Crippen LogP contribution < -0.4 is 11.4 Å². The third-order valence-electron chi connectivity index (χ3n) is 3.76. The molecule has 1 saturated carbocycles. The van der Waals surface area contributed by atoms with Crippen LogP contribution in [0.2, 0.25) is 0 Å². The number of phosphoric acid groups is 1. The molecule has 10 nitrogen and oxygen atoms in total. The molecule has 2 heterocycles. The highest BCUT2D eigenvalue weighted by molar-refractivity contribution is 7.46. The van der Waals surface area contributed by atoms with Gasteiger partial charge in [-0.25, -0.2) is 14.3 Å². The average Bonchev–Trinajstić information content (AvgIpc) is 3.01. The van der Waals surface area contributed by atoms with E-state index in [0.717, 1.165) is 12.8 Å². The summed E-state index contributed by atoms with van der Waals surface area (Å²) in [6.45, 7) is -0.00882. The number of hydrogen-bond donors (Lipinski definition) is 3. The topological polar surface area (TPSA) is 154 Å². The Morgan fingerprint density at radius 2 is 2.27 bits per heavy atom. The molecule has 2 aromatic rings. The van der Waals surface area contributed by atoms with Crippen LogP contribution in [-0.4, -0.2) is 30.9 Å². The predicted molar refractivity (Wildman–Crippen MR) is 74.9 cm³/mol. The molecule has 2 aromatic heterocycles.